The van der Waals surface area contributed by atoms with Crippen LogP contribution >= 0.6 is 0 Å². The van der Waals surface area contributed by atoms with Crippen LogP contribution in [-0.4, -0.2) is 29.7 Å². The van der Waals surface area contributed by atoms with Crippen LogP contribution in [0.3, 0.4) is 0 Å². The first kappa shape index (κ1) is 18.0. The Bertz CT molecular complexity index is 462. The lowest BCUT2D eigenvalue weighted by Gasteiger charge is -2.19. The van der Waals surface area contributed by atoms with Crippen molar-refractivity contribution in [1.82, 2.24) is 10.6 Å². The van der Waals surface area contributed by atoms with Crippen LogP contribution in [0, 0.1) is 5.92 Å². The van der Waals surface area contributed by atoms with Crippen molar-refractivity contribution in [1.29, 1.82) is 0 Å². The Labute approximate surface area is 132 Å². The predicted octanol–water partition coefficient (Wildman–Crippen LogP) is 2.81. The zero-order valence-electron chi connectivity index (χ0n) is 13.3. The summed E-state index contributed by atoms with van der Waals surface area (Å²) in [5, 5.41) is 14.6. The molecule has 122 valence electrons. The van der Waals surface area contributed by atoms with Crippen molar-refractivity contribution >= 4 is 12.0 Å². The molecule has 0 aliphatic carbocycles. The van der Waals surface area contributed by atoms with Crippen molar-refractivity contribution in [3.63, 3.8) is 0 Å². The van der Waals surface area contributed by atoms with Gasteiger partial charge in [-0.2, -0.15) is 0 Å². The topological polar surface area (TPSA) is 78.4 Å². The van der Waals surface area contributed by atoms with Crippen molar-refractivity contribution < 1.29 is 14.7 Å². The predicted molar refractivity (Wildman–Crippen MR) is 86.8 cm³/mol. The minimum atomic E-state index is -0.847. The molecule has 0 bridgehead atoms. The first-order chi connectivity index (χ1) is 10.5. The number of aliphatic carboxylic acids is 1. The molecule has 3 N–H and O–H groups in total. The molecule has 0 heterocycles. The lowest BCUT2D eigenvalue weighted by molar-refractivity contribution is -0.137. The molecule has 5 heteroatoms. The number of urea groups is 1. The standard InChI is InChI=1S/C17H26N2O3/c1-3-13(2)12-18-17(22)19-15(9-10-16(20)21)11-14-7-5-4-6-8-14/h4-8,13,15H,3,9-12H2,1-2H3,(H,20,21)(H2,18,19,22). The Hall–Kier alpha value is -2.04. The third-order valence-electron chi connectivity index (χ3n) is 3.67. The summed E-state index contributed by atoms with van der Waals surface area (Å²) in [6.45, 7) is 4.78. The SMILES string of the molecule is CCC(C)CNC(=O)NC(CCC(=O)O)Cc1ccccc1. The van der Waals surface area contributed by atoms with Gasteiger partial charge in [0.1, 0.15) is 0 Å². The third-order valence-corrected chi connectivity index (χ3v) is 3.67. The third kappa shape index (κ3) is 7.67. The molecule has 2 unspecified atom stereocenters. The molecule has 5 nitrogen and oxygen atoms in total. The number of hydrogen-bond acceptors (Lipinski definition) is 2. The summed E-state index contributed by atoms with van der Waals surface area (Å²) < 4.78 is 0. The van der Waals surface area contributed by atoms with Crippen LogP contribution in [0.2, 0.25) is 0 Å². The quantitative estimate of drug-likeness (QED) is 0.656. The second-order valence-corrected chi connectivity index (χ2v) is 5.69. The van der Waals surface area contributed by atoms with E-state index in [2.05, 4.69) is 24.5 Å². The number of amides is 2. The van der Waals surface area contributed by atoms with Crippen LogP contribution in [0.25, 0.3) is 0 Å². The lowest BCUT2D eigenvalue weighted by atomic mass is 10.0. The van der Waals surface area contributed by atoms with Gasteiger partial charge in [0, 0.05) is 19.0 Å². The van der Waals surface area contributed by atoms with Crippen molar-refractivity contribution in [3.05, 3.63) is 35.9 Å². The van der Waals surface area contributed by atoms with Crippen LogP contribution in [-0.2, 0) is 11.2 Å². The van der Waals surface area contributed by atoms with Gasteiger partial charge in [0.2, 0.25) is 0 Å². The Morgan fingerprint density at radius 2 is 1.91 bits per heavy atom. The summed E-state index contributed by atoms with van der Waals surface area (Å²) in [4.78, 5) is 22.7. The molecule has 0 aliphatic heterocycles. The van der Waals surface area contributed by atoms with Crippen LogP contribution in [0.4, 0.5) is 4.79 Å². The molecule has 22 heavy (non-hydrogen) atoms. The smallest absolute Gasteiger partial charge is 0.315 e. The van der Waals surface area contributed by atoms with Gasteiger partial charge >= 0.3 is 12.0 Å². The van der Waals surface area contributed by atoms with Crippen molar-refractivity contribution in [2.75, 3.05) is 6.54 Å². The highest BCUT2D eigenvalue weighted by Crippen LogP contribution is 2.08. The maximum atomic E-state index is 11.9. The molecule has 2 atom stereocenters. The fourth-order valence-corrected chi connectivity index (χ4v) is 2.07. The van der Waals surface area contributed by atoms with Gasteiger partial charge in [-0.15, -0.1) is 0 Å². The first-order valence-electron chi connectivity index (χ1n) is 7.81. The molecule has 2 amide bonds. The van der Waals surface area contributed by atoms with Gasteiger partial charge in [-0.1, -0.05) is 50.6 Å². The first-order valence-corrected chi connectivity index (χ1v) is 7.81. The van der Waals surface area contributed by atoms with E-state index in [-0.39, 0.29) is 18.5 Å². The minimum Gasteiger partial charge on any atom is -0.481 e. The lowest BCUT2D eigenvalue weighted by Crippen LogP contribution is -2.44. The van der Waals surface area contributed by atoms with E-state index < -0.39 is 5.97 Å². The second-order valence-electron chi connectivity index (χ2n) is 5.69. The van der Waals surface area contributed by atoms with Crippen molar-refractivity contribution in [3.8, 4) is 0 Å². The van der Waals surface area contributed by atoms with Gasteiger partial charge in [-0.05, 0) is 24.3 Å². The number of rotatable bonds is 9. The Morgan fingerprint density at radius 3 is 2.50 bits per heavy atom. The number of carboxylic acids is 1. The van der Waals surface area contributed by atoms with Gasteiger partial charge in [-0.25, -0.2) is 4.79 Å². The Morgan fingerprint density at radius 1 is 1.23 bits per heavy atom. The molecule has 0 radical (unpaired) electrons. The van der Waals surface area contributed by atoms with E-state index in [4.69, 9.17) is 5.11 Å². The fraction of sp³-hybridized carbons (Fsp3) is 0.529. The molecule has 1 aromatic rings. The summed E-state index contributed by atoms with van der Waals surface area (Å²) in [6.07, 6.45) is 2.10. The molecular formula is C17H26N2O3. The minimum absolute atomic E-state index is 0.0448. The zero-order valence-corrected chi connectivity index (χ0v) is 13.3. The van der Waals surface area contributed by atoms with Crippen LogP contribution in [0.5, 0.6) is 0 Å². The second kappa shape index (κ2) is 9.82. The highest BCUT2D eigenvalue weighted by molar-refractivity contribution is 5.74. The van der Waals surface area contributed by atoms with Crippen LogP contribution in [0.1, 0.15) is 38.7 Å². The fourth-order valence-electron chi connectivity index (χ4n) is 2.07. The highest BCUT2D eigenvalue weighted by Gasteiger charge is 2.15. The number of carbonyl (C=O) groups excluding carboxylic acids is 1. The molecule has 1 aromatic carbocycles. The van der Waals surface area contributed by atoms with Gasteiger partial charge in [0.25, 0.3) is 0 Å². The molecule has 0 saturated carbocycles. The summed E-state index contributed by atoms with van der Waals surface area (Å²) in [5.74, 6) is -0.419. The maximum absolute atomic E-state index is 11.9. The van der Waals surface area contributed by atoms with Gasteiger partial charge in [0.05, 0.1) is 0 Å². The molecule has 0 saturated heterocycles. The monoisotopic (exact) mass is 306 g/mol. The summed E-state index contributed by atoms with van der Waals surface area (Å²) >= 11 is 0. The highest BCUT2D eigenvalue weighted by atomic mass is 16.4. The van der Waals surface area contributed by atoms with E-state index in [0.29, 0.717) is 25.3 Å². The average molecular weight is 306 g/mol. The van der Waals surface area contributed by atoms with Gasteiger partial charge < -0.3 is 15.7 Å². The van der Waals surface area contributed by atoms with Crippen molar-refractivity contribution in [2.24, 2.45) is 5.92 Å². The summed E-state index contributed by atoms with van der Waals surface area (Å²) in [6, 6.07) is 9.35. The average Bonchev–Trinajstić information content (AvgIpc) is 2.51. The largest absolute Gasteiger partial charge is 0.481 e. The van der Waals surface area contributed by atoms with E-state index in [1.54, 1.807) is 0 Å². The molecule has 0 aromatic heterocycles. The van der Waals surface area contributed by atoms with Crippen LogP contribution in [0.15, 0.2) is 30.3 Å². The van der Waals surface area contributed by atoms with E-state index in [1.165, 1.54) is 0 Å². The molecule has 1 rings (SSSR count). The normalized spacial score (nSPS) is 13.2. The number of carboxylic acid groups (broad SMARTS) is 1. The van der Waals surface area contributed by atoms with Crippen molar-refractivity contribution in [2.45, 2.75) is 45.6 Å². The maximum Gasteiger partial charge on any atom is 0.315 e. The molecule has 0 fully saturated rings. The van der Waals surface area contributed by atoms with Gasteiger partial charge in [-0.3, -0.25) is 4.79 Å². The molecular weight excluding hydrogens is 280 g/mol. The number of benzene rings is 1. The molecule has 0 spiro atoms. The van der Waals surface area contributed by atoms with E-state index in [9.17, 15) is 9.59 Å². The number of carbonyl (C=O) groups is 2. The summed E-state index contributed by atoms with van der Waals surface area (Å²) in [7, 11) is 0. The van der Waals surface area contributed by atoms with Crippen LogP contribution < -0.4 is 10.6 Å². The Balaban J connectivity index is 2.53. The van der Waals surface area contributed by atoms with Gasteiger partial charge in [0.15, 0.2) is 0 Å². The zero-order chi connectivity index (χ0) is 16.4. The van der Waals surface area contributed by atoms with E-state index in [0.717, 1.165) is 12.0 Å². The van der Waals surface area contributed by atoms with E-state index in [1.807, 2.05) is 30.3 Å². The number of nitrogens with one attached hydrogen (secondary N) is 2. The van der Waals surface area contributed by atoms with E-state index >= 15 is 0 Å². The number of hydrogen-bond donors (Lipinski definition) is 3. The summed E-state index contributed by atoms with van der Waals surface area (Å²) in [5.41, 5.74) is 1.08. The Kier molecular flexibility index (Phi) is 8.04. The molecule has 0 aliphatic rings.